The summed E-state index contributed by atoms with van der Waals surface area (Å²) in [6.45, 7) is 9.17. The van der Waals surface area contributed by atoms with Crippen LogP contribution in [-0.2, 0) is 0 Å². The molecule has 2 atom stereocenters. The van der Waals surface area contributed by atoms with Gasteiger partial charge >= 0.3 is 0 Å². The minimum atomic E-state index is -0.0226. The number of hydrogen-bond acceptors (Lipinski definition) is 2. The van der Waals surface area contributed by atoms with Crippen molar-refractivity contribution in [2.45, 2.75) is 39.7 Å². The first-order valence-corrected chi connectivity index (χ1v) is 24.6. The second-order valence-corrected chi connectivity index (χ2v) is 18.9. The molecule has 0 aromatic heterocycles. The van der Waals surface area contributed by atoms with Gasteiger partial charge in [0.15, 0.2) is 0 Å². The van der Waals surface area contributed by atoms with E-state index in [9.17, 15) is 0 Å². The van der Waals surface area contributed by atoms with Gasteiger partial charge in [-0.2, -0.15) is 0 Å². The second-order valence-electron chi connectivity index (χ2n) is 18.9. The van der Waals surface area contributed by atoms with Gasteiger partial charge in [-0.25, -0.2) is 0 Å². The van der Waals surface area contributed by atoms with Gasteiger partial charge in [-0.05, 0) is 129 Å². The number of para-hydroxylation sites is 2. The van der Waals surface area contributed by atoms with E-state index in [2.05, 4.69) is 280 Å². The third kappa shape index (κ3) is 7.27. The fraction of sp³-hybridized carbons (Fsp3) is 0.0882. The van der Waals surface area contributed by atoms with E-state index >= 15 is 0 Å². The van der Waals surface area contributed by atoms with Gasteiger partial charge in [-0.1, -0.05) is 218 Å². The molecule has 0 saturated carbocycles. The molecule has 0 spiro atoms. The number of allylic oxidation sites excluding steroid dienone is 2. The number of nitrogens with zero attached hydrogens (tertiary/aromatic N) is 2. The number of aryl methyl sites for hydroxylation is 2. The molecule has 0 aliphatic heterocycles. The van der Waals surface area contributed by atoms with Crippen LogP contribution >= 0.6 is 0 Å². The zero-order chi connectivity index (χ0) is 47.3. The van der Waals surface area contributed by atoms with Crippen LogP contribution in [-0.4, -0.2) is 6.04 Å². The first-order chi connectivity index (χ1) is 34.4. The monoisotopic (exact) mass is 898 g/mol. The van der Waals surface area contributed by atoms with Gasteiger partial charge < -0.3 is 9.80 Å². The summed E-state index contributed by atoms with van der Waals surface area (Å²) in [6, 6.07) is 85.1. The number of benzene rings is 11. The molecule has 1 aliphatic carbocycles. The molecule has 0 bridgehead atoms. The van der Waals surface area contributed by atoms with Crippen LogP contribution in [0, 0.1) is 20.8 Å². The van der Waals surface area contributed by atoms with E-state index in [-0.39, 0.29) is 12.0 Å². The Kier molecular flexibility index (Phi) is 11.0. The summed E-state index contributed by atoms with van der Waals surface area (Å²) >= 11 is 0. The minimum absolute atomic E-state index is 0.0226. The molecule has 0 amide bonds. The van der Waals surface area contributed by atoms with Crippen molar-refractivity contribution in [3.05, 3.63) is 276 Å². The lowest BCUT2D eigenvalue weighted by Crippen LogP contribution is -2.39. The van der Waals surface area contributed by atoms with Gasteiger partial charge in [0, 0.05) is 39.3 Å². The molecule has 2 heteroatoms. The van der Waals surface area contributed by atoms with E-state index in [1.54, 1.807) is 0 Å². The van der Waals surface area contributed by atoms with Crippen molar-refractivity contribution in [2.24, 2.45) is 0 Å². The third-order valence-corrected chi connectivity index (χ3v) is 14.9. The highest BCUT2D eigenvalue weighted by atomic mass is 15.2. The van der Waals surface area contributed by atoms with Crippen molar-refractivity contribution < 1.29 is 0 Å². The van der Waals surface area contributed by atoms with Crippen LogP contribution in [0.3, 0.4) is 0 Å². The van der Waals surface area contributed by atoms with Gasteiger partial charge in [-0.15, -0.1) is 0 Å². The molecule has 0 N–H and O–H groups in total. The van der Waals surface area contributed by atoms with E-state index < -0.39 is 0 Å². The number of rotatable bonds is 10. The molecule has 2 unspecified atom stereocenters. The Hall–Kier alpha value is -8.46. The molecule has 2 nitrogen and oxygen atoms in total. The maximum Gasteiger partial charge on any atom is 0.0661 e. The molecular formula is C68H54N2. The van der Waals surface area contributed by atoms with Crippen LogP contribution in [0.1, 0.15) is 40.7 Å². The fourth-order valence-corrected chi connectivity index (χ4v) is 11.5. The summed E-state index contributed by atoms with van der Waals surface area (Å²) in [5, 5.41) is 7.46. The van der Waals surface area contributed by atoms with Crippen LogP contribution in [0.4, 0.5) is 28.4 Å². The van der Waals surface area contributed by atoms with Crippen LogP contribution in [0.5, 0.6) is 0 Å². The smallest absolute Gasteiger partial charge is 0.0661 e. The van der Waals surface area contributed by atoms with Crippen LogP contribution in [0.25, 0.3) is 60.1 Å². The van der Waals surface area contributed by atoms with Gasteiger partial charge in [0.1, 0.15) is 0 Å². The highest BCUT2D eigenvalue weighted by molar-refractivity contribution is 6.28. The predicted molar refractivity (Wildman–Crippen MR) is 300 cm³/mol. The van der Waals surface area contributed by atoms with Crippen molar-refractivity contribution in [2.75, 3.05) is 9.80 Å². The summed E-state index contributed by atoms with van der Waals surface area (Å²) in [5.41, 5.74) is 19.5. The van der Waals surface area contributed by atoms with E-state index in [0.717, 1.165) is 11.4 Å². The maximum atomic E-state index is 2.67. The van der Waals surface area contributed by atoms with Crippen LogP contribution in [0.2, 0.25) is 0 Å². The molecule has 12 rings (SSSR count). The standard InChI is InChI=1S/C68H54N2/c1-45-21-17-19-31-61(45)69(67-47(3)55(49-23-9-5-10-24-49)39-41-57(67)51-27-13-7-14-28-51)63-43-35-53-34-38-60-64(44-36-54-33-37-59(63)65(53)66(54)60)70(62-32-20-18-22-46(62)2)68-48(4)56(50-25-11-6-12-26-50)40-42-58(68)52-29-15-8-16-30-52/h5-44,57,67H,1-4H3. The summed E-state index contributed by atoms with van der Waals surface area (Å²) in [7, 11) is 0. The first-order valence-electron chi connectivity index (χ1n) is 24.6. The Morgan fingerprint density at radius 3 is 1.44 bits per heavy atom. The van der Waals surface area contributed by atoms with Crippen molar-refractivity contribution in [1.82, 2.24) is 0 Å². The fourth-order valence-electron chi connectivity index (χ4n) is 11.5. The Morgan fingerprint density at radius 2 is 0.843 bits per heavy atom. The number of hydrogen-bond donors (Lipinski definition) is 0. The highest BCUT2D eigenvalue weighted by Crippen LogP contribution is 2.52. The van der Waals surface area contributed by atoms with E-state index in [1.165, 1.54) is 111 Å². The zero-order valence-corrected chi connectivity index (χ0v) is 40.1. The summed E-state index contributed by atoms with van der Waals surface area (Å²) < 4.78 is 0. The molecule has 0 radical (unpaired) electrons. The summed E-state index contributed by atoms with van der Waals surface area (Å²) in [6.07, 6.45) is 4.81. The lowest BCUT2D eigenvalue weighted by Gasteiger charge is -2.42. The molecule has 336 valence electrons. The Balaban J connectivity index is 1.14. The van der Waals surface area contributed by atoms with Crippen molar-refractivity contribution >= 4 is 66.3 Å². The second kappa shape index (κ2) is 17.9. The minimum Gasteiger partial charge on any atom is -0.333 e. The van der Waals surface area contributed by atoms with Gasteiger partial charge in [0.2, 0.25) is 0 Å². The molecule has 11 aromatic carbocycles. The highest BCUT2D eigenvalue weighted by Gasteiger charge is 2.36. The molecule has 70 heavy (non-hydrogen) atoms. The average Bonchev–Trinajstić information content (AvgIpc) is 3.41. The molecule has 0 heterocycles. The quantitative estimate of drug-likeness (QED) is 0.126. The lowest BCUT2D eigenvalue weighted by atomic mass is 9.78. The Morgan fingerprint density at radius 1 is 0.371 bits per heavy atom. The van der Waals surface area contributed by atoms with Gasteiger partial charge in [0.25, 0.3) is 0 Å². The largest absolute Gasteiger partial charge is 0.333 e. The topological polar surface area (TPSA) is 6.48 Å². The van der Waals surface area contributed by atoms with Crippen molar-refractivity contribution in [3.8, 4) is 22.3 Å². The van der Waals surface area contributed by atoms with E-state index in [0.29, 0.717) is 0 Å². The SMILES string of the molecule is CC1=C(c2ccccc2)C=CC(c2ccccc2)C1N(c1ccccc1C)c1ccc2ccc3c(N(c4ccccc4C)c4c(-c5ccccc5)ccc(-c5ccccc5)c4C)ccc4ccc1c2c43. The molecular weight excluding hydrogens is 845 g/mol. The lowest BCUT2D eigenvalue weighted by molar-refractivity contribution is 0.660. The van der Waals surface area contributed by atoms with Gasteiger partial charge in [-0.3, -0.25) is 0 Å². The van der Waals surface area contributed by atoms with Crippen molar-refractivity contribution in [1.29, 1.82) is 0 Å². The molecule has 1 aliphatic rings. The zero-order valence-electron chi connectivity index (χ0n) is 40.1. The van der Waals surface area contributed by atoms with Crippen molar-refractivity contribution in [3.63, 3.8) is 0 Å². The molecule has 0 fully saturated rings. The normalized spacial score (nSPS) is 14.7. The third-order valence-electron chi connectivity index (χ3n) is 14.9. The van der Waals surface area contributed by atoms with Crippen LogP contribution in [0.15, 0.2) is 248 Å². The predicted octanol–water partition coefficient (Wildman–Crippen LogP) is 18.6. The summed E-state index contributed by atoms with van der Waals surface area (Å²) in [4.78, 5) is 5.23. The van der Waals surface area contributed by atoms with E-state index in [1.807, 2.05) is 0 Å². The van der Waals surface area contributed by atoms with Gasteiger partial charge in [0.05, 0.1) is 17.4 Å². The average molecular weight is 899 g/mol. The maximum absolute atomic E-state index is 2.67. The van der Waals surface area contributed by atoms with Crippen LogP contribution < -0.4 is 9.80 Å². The first kappa shape index (κ1) is 42.9. The Labute approximate surface area is 412 Å². The molecule has 11 aromatic rings. The Bertz CT molecular complexity index is 3760. The number of anilines is 5. The molecule has 0 saturated heterocycles. The van der Waals surface area contributed by atoms with E-state index in [4.69, 9.17) is 0 Å². The summed E-state index contributed by atoms with van der Waals surface area (Å²) in [5.74, 6) is 0.0924.